The molecule has 3 rings (SSSR count). The van der Waals surface area contributed by atoms with Crippen LogP contribution in [0.4, 0.5) is 11.4 Å². The second-order valence-electron chi connectivity index (χ2n) is 6.50. The van der Waals surface area contributed by atoms with E-state index in [1.54, 1.807) is 6.92 Å². The van der Waals surface area contributed by atoms with Crippen molar-refractivity contribution in [3.05, 3.63) is 23.8 Å². The number of hydrogen-bond acceptors (Lipinski definition) is 3. The number of anilines is 2. The van der Waals surface area contributed by atoms with E-state index in [4.69, 9.17) is 0 Å². The van der Waals surface area contributed by atoms with Crippen LogP contribution < -0.4 is 9.80 Å². The van der Waals surface area contributed by atoms with Crippen molar-refractivity contribution in [2.45, 2.75) is 39.3 Å². The fourth-order valence-electron chi connectivity index (χ4n) is 3.51. The summed E-state index contributed by atoms with van der Waals surface area (Å²) in [6.45, 7) is 9.11. The van der Waals surface area contributed by atoms with Crippen LogP contribution in [0, 0.1) is 0 Å². The van der Waals surface area contributed by atoms with Crippen molar-refractivity contribution < 1.29 is 4.79 Å². The maximum atomic E-state index is 11.7. The molecule has 2 atom stereocenters. The molecule has 0 unspecified atom stereocenters. The molecule has 0 N–H and O–H groups in total. The third kappa shape index (κ3) is 2.53. The van der Waals surface area contributed by atoms with Crippen LogP contribution in [-0.2, 0) is 11.2 Å². The van der Waals surface area contributed by atoms with Crippen LogP contribution in [0.2, 0.25) is 0 Å². The Morgan fingerprint density at radius 2 is 1.86 bits per heavy atom. The number of rotatable bonds is 1. The molecule has 2 aliphatic rings. The largest absolute Gasteiger partial charge is 0.368 e. The molecule has 1 saturated heterocycles. The van der Waals surface area contributed by atoms with Crippen molar-refractivity contribution in [2.24, 2.45) is 0 Å². The Hall–Kier alpha value is -1.55. The molecule has 0 aliphatic carbocycles. The fourth-order valence-corrected chi connectivity index (χ4v) is 3.51. The zero-order valence-corrected chi connectivity index (χ0v) is 13.5. The van der Waals surface area contributed by atoms with Crippen LogP contribution in [0.25, 0.3) is 0 Å². The predicted molar refractivity (Wildman–Crippen MR) is 87.1 cm³/mol. The lowest BCUT2D eigenvalue weighted by Gasteiger charge is -2.43. The van der Waals surface area contributed by atoms with Gasteiger partial charge in [-0.25, -0.2) is 0 Å². The second-order valence-corrected chi connectivity index (χ2v) is 6.50. The molecule has 114 valence electrons. The standard InChI is InChI=1S/C17H25N3O/c1-12-10-19(11-13(2)18(12)4)16-6-5-15-7-8-20(14(3)21)17(15)9-16/h5-6,9,12-13H,7-8,10-11H2,1-4H3/t12-,13+. The first kappa shape index (κ1) is 14.4. The highest BCUT2D eigenvalue weighted by atomic mass is 16.2. The summed E-state index contributed by atoms with van der Waals surface area (Å²) in [5, 5.41) is 0. The van der Waals surface area contributed by atoms with Gasteiger partial charge in [0.15, 0.2) is 0 Å². The lowest BCUT2D eigenvalue weighted by molar-refractivity contribution is -0.116. The molecule has 2 aliphatic heterocycles. The van der Waals surface area contributed by atoms with E-state index in [1.165, 1.54) is 11.3 Å². The monoisotopic (exact) mass is 287 g/mol. The van der Waals surface area contributed by atoms with Gasteiger partial charge in [0.05, 0.1) is 0 Å². The summed E-state index contributed by atoms with van der Waals surface area (Å²) in [6, 6.07) is 7.71. The molecule has 1 aromatic carbocycles. The number of likely N-dealkylation sites (N-methyl/N-ethyl adjacent to an activating group) is 1. The molecule has 1 fully saturated rings. The van der Waals surface area contributed by atoms with Crippen molar-refractivity contribution in [1.82, 2.24) is 4.90 Å². The van der Waals surface area contributed by atoms with Crippen molar-refractivity contribution in [3.63, 3.8) is 0 Å². The van der Waals surface area contributed by atoms with Crippen LogP contribution in [-0.4, -0.2) is 49.6 Å². The Morgan fingerprint density at radius 1 is 1.19 bits per heavy atom. The summed E-state index contributed by atoms with van der Waals surface area (Å²) in [6.07, 6.45) is 0.977. The number of hydrogen-bond donors (Lipinski definition) is 0. The molecule has 21 heavy (non-hydrogen) atoms. The number of amides is 1. The molecule has 0 spiro atoms. The van der Waals surface area contributed by atoms with Crippen molar-refractivity contribution in [1.29, 1.82) is 0 Å². The van der Waals surface area contributed by atoms with Gasteiger partial charge in [-0.05, 0) is 45.0 Å². The molecular weight excluding hydrogens is 262 g/mol. The molecule has 0 bridgehead atoms. The number of carbonyl (C=O) groups is 1. The van der Waals surface area contributed by atoms with Crippen molar-refractivity contribution in [3.8, 4) is 0 Å². The third-order valence-corrected chi connectivity index (χ3v) is 5.07. The Labute approximate surface area is 127 Å². The number of benzene rings is 1. The highest BCUT2D eigenvalue weighted by Gasteiger charge is 2.28. The highest BCUT2D eigenvalue weighted by Crippen LogP contribution is 2.33. The van der Waals surface area contributed by atoms with Crippen LogP contribution in [0.1, 0.15) is 26.3 Å². The Bertz CT molecular complexity index is 545. The number of fused-ring (bicyclic) bond motifs is 1. The summed E-state index contributed by atoms with van der Waals surface area (Å²) in [7, 11) is 2.20. The minimum absolute atomic E-state index is 0.144. The van der Waals surface area contributed by atoms with E-state index in [1.807, 2.05) is 4.90 Å². The van der Waals surface area contributed by atoms with E-state index < -0.39 is 0 Å². The van der Waals surface area contributed by atoms with Gasteiger partial charge in [0.1, 0.15) is 0 Å². The van der Waals surface area contributed by atoms with Crippen LogP contribution >= 0.6 is 0 Å². The van der Waals surface area contributed by atoms with Gasteiger partial charge < -0.3 is 9.80 Å². The van der Waals surface area contributed by atoms with E-state index in [2.05, 4.69) is 48.9 Å². The summed E-state index contributed by atoms with van der Waals surface area (Å²) < 4.78 is 0. The summed E-state index contributed by atoms with van der Waals surface area (Å²) in [5.74, 6) is 0.144. The lowest BCUT2D eigenvalue weighted by atomic mass is 10.1. The van der Waals surface area contributed by atoms with Crippen LogP contribution in [0.15, 0.2) is 18.2 Å². The maximum Gasteiger partial charge on any atom is 0.223 e. The molecule has 4 nitrogen and oxygen atoms in total. The van der Waals surface area contributed by atoms with Gasteiger partial charge in [-0.3, -0.25) is 9.69 Å². The quantitative estimate of drug-likeness (QED) is 0.791. The van der Waals surface area contributed by atoms with Gasteiger partial charge >= 0.3 is 0 Å². The normalized spacial score (nSPS) is 26.1. The highest BCUT2D eigenvalue weighted by molar-refractivity contribution is 5.94. The predicted octanol–water partition coefficient (Wildman–Crippen LogP) is 2.12. The van der Waals surface area contributed by atoms with Gasteiger partial charge in [0.2, 0.25) is 5.91 Å². The smallest absolute Gasteiger partial charge is 0.223 e. The molecule has 1 amide bonds. The number of carbonyl (C=O) groups excluding carboxylic acids is 1. The first-order valence-electron chi connectivity index (χ1n) is 7.85. The Balaban J connectivity index is 1.87. The van der Waals surface area contributed by atoms with Crippen molar-refractivity contribution in [2.75, 3.05) is 36.5 Å². The summed E-state index contributed by atoms with van der Waals surface area (Å²) in [5.41, 5.74) is 3.65. The molecule has 2 heterocycles. The summed E-state index contributed by atoms with van der Waals surface area (Å²) >= 11 is 0. The number of piperazine rings is 1. The van der Waals surface area contributed by atoms with E-state index in [0.29, 0.717) is 12.1 Å². The van der Waals surface area contributed by atoms with E-state index in [9.17, 15) is 4.79 Å². The first-order valence-corrected chi connectivity index (χ1v) is 7.85. The minimum atomic E-state index is 0.144. The zero-order valence-electron chi connectivity index (χ0n) is 13.5. The average Bonchev–Trinajstić information content (AvgIpc) is 2.87. The molecule has 0 aromatic heterocycles. The SMILES string of the molecule is CC(=O)N1CCc2ccc(N3C[C@@H](C)N(C)[C@@H](C)C3)cc21. The zero-order chi connectivity index (χ0) is 15.1. The summed E-state index contributed by atoms with van der Waals surface area (Å²) in [4.78, 5) is 18.5. The average molecular weight is 287 g/mol. The van der Waals surface area contributed by atoms with Crippen molar-refractivity contribution >= 4 is 17.3 Å². The van der Waals surface area contributed by atoms with E-state index in [-0.39, 0.29) is 5.91 Å². The number of nitrogens with zero attached hydrogens (tertiary/aromatic N) is 3. The molecule has 1 aromatic rings. The molecular formula is C17H25N3O. The molecule has 4 heteroatoms. The van der Waals surface area contributed by atoms with Crippen LogP contribution in [0.5, 0.6) is 0 Å². The van der Waals surface area contributed by atoms with Gasteiger partial charge in [0.25, 0.3) is 0 Å². The topological polar surface area (TPSA) is 26.8 Å². The first-order chi connectivity index (χ1) is 9.97. The molecule has 0 radical (unpaired) electrons. The second kappa shape index (κ2) is 5.34. The lowest BCUT2D eigenvalue weighted by Crippen LogP contribution is -2.55. The Kier molecular flexibility index (Phi) is 3.66. The Morgan fingerprint density at radius 3 is 2.48 bits per heavy atom. The van der Waals surface area contributed by atoms with E-state index >= 15 is 0 Å². The van der Waals surface area contributed by atoms with Gasteiger partial charge in [-0.15, -0.1) is 0 Å². The minimum Gasteiger partial charge on any atom is -0.368 e. The van der Waals surface area contributed by atoms with E-state index in [0.717, 1.165) is 31.7 Å². The van der Waals surface area contributed by atoms with Gasteiger partial charge in [-0.1, -0.05) is 6.07 Å². The van der Waals surface area contributed by atoms with Gasteiger partial charge in [-0.2, -0.15) is 0 Å². The molecule has 0 saturated carbocycles. The maximum absolute atomic E-state index is 11.7. The van der Waals surface area contributed by atoms with Gasteiger partial charge in [0, 0.05) is 50.0 Å². The van der Waals surface area contributed by atoms with Crippen LogP contribution in [0.3, 0.4) is 0 Å². The fraction of sp³-hybridized carbons (Fsp3) is 0.588. The third-order valence-electron chi connectivity index (χ3n) is 5.07.